The molecule has 0 heterocycles. The standard InChI is InChI=1S/C15H7NO5/c17-7-8-5-6-11-12(13(8)16(20)21)15(19)10-4-2-1-3-9(10)14(11)18/h1-7H. The van der Waals surface area contributed by atoms with E-state index in [9.17, 15) is 24.5 Å². The summed E-state index contributed by atoms with van der Waals surface area (Å²) in [6, 6.07) is 8.59. The van der Waals surface area contributed by atoms with Crippen LogP contribution < -0.4 is 0 Å². The number of benzene rings is 2. The van der Waals surface area contributed by atoms with Gasteiger partial charge in [-0.3, -0.25) is 24.5 Å². The normalized spacial score (nSPS) is 12.6. The van der Waals surface area contributed by atoms with Gasteiger partial charge in [-0.2, -0.15) is 0 Å². The van der Waals surface area contributed by atoms with Gasteiger partial charge in [0.1, 0.15) is 5.56 Å². The van der Waals surface area contributed by atoms with Crippen molar-refractivity contribution < 1.29 is 19.3 Å². The zero-order valence-electron chi connectivity index (χ0n) is 10.5. The van der Waals surface area contributed by atoms with Crippen molar-refractivity contribution in [2.45, 2.75) is 0 Å². The fraction of sp³-hybridized carbons (Fsp3) is 0. The number of rotatable bonds is 2. The number of nitro groups is 1. The lowest BCUT2D eigenvalue weighted by molar-refractivity contribution is -0.385. The van der Waals surface area contributed by atoms with E-state index in [-0.39, 0.29) is 27.8 Å². The van der Waals surface area contributed by atoms with E-state index < -0.39 is 22.2 Å². The zero-order chi connectivity index (χ0) is 15.1. The van der Waals surface area contributed by atoms with E-state index in [0.29, 0.717) is 6.29 Å². The number of carbonyl (C=O) groups is 3. The van der Waals surface area contributed by atoms with Gasteiger partial charge in [-0.25, -0.2) is 0 Å². The Kier molecular flexibility index (Phi) is 2.72. The molecule has 6 heteroatoms. The van der Waals surface area contributed by atoms with Crippen LogP contribution in [0.4, 0.5) is 5.69 Å². The Morgan fingerprint density at radius 3 is 2.10 bits per heavy atom. The third-order valence-corrected chi connectivity index (χ3v) is 3.41. The van der Waals surface area contributed by atoms with Crippen molar-refractivity contribution >= 4 is 23.5 Å². The molecule has 21 heavy (non-hydrogen) atoms. The summed E-state index contributed by atoms with van der Waals surface area (Å²) in [4.78, 5) is 46.2. The van der Waals surface area contributed by atoms with Crippen LogP contribution in [0.2, 0.25) is 0 Å². The van der Waals surface area contributed by atoms with Crippen LogP contribution in [0.3, 0.4) is 0 Å². The Labute approximate surface area is 118 Å². The number of nitro benzene ring substituents is 1. The number of carbonyl (C=O) groups excluding carboxylic acids is 3. The van der Waals surface area contributed by atoms with Gasteiger partial charge in [0.25, 0.3) is 5.69 Å². The van der Waals surface area contributed by atoms with Crippen LogP contribution >= 0.6 is 0 Å². The maximum Gasteiger partial charge on any atom is 0.291 e. The predicted octanol–water partition coefficient (Wildman–Crippen LogP) is 2.18. The molecule has 0 bridgehead atoms. The van der Waals surface area contributed by atoms with Crippen molar-refractivity contribution in [3.05, 3.63) is 74.3 Å². The second-order valence-electron chi connectivity index (χ2n) is 4.50. The molecule has 0 unspecified atom stereocenters. The van der Waals surface area contributed by atoms with Crippen molar-refractivity contribution in [2.24, 2.45) is 0 Å². The number of fused-ring (bicyclic) bond motifs is 2. The Balaban J connectivity index is 2.41. The highest BCUT2D eigenvalue weighted by Crippen LogP contribution is 2.34. The molecule has 3 rings (SSSR count). The molecule has 1 aliphatic carbocycles. The Hall–Kier alpha value is -3.15. The second-order valence-corrected chi connectivity index (χ2v) is 4.50. The summed E-state index contributed by atoms with van der Waals surface area (Å²) in [5, 5.41) is 11.2. The van der Waals surface area contributed by atoms with E-state index in [2.05, 4.69) is 0 Å². The van der Waals surface area contributed by atoms with Crippen LogP contribution in [0.15, 0.2) is 36.4 Å². The third-order valence-electron chi connectivity index (χ3n) is 3.41. The minimum absolute atomic E-state index is 0.0454. The zero-order valence-corrected chi connectivity index (χ0v) is 10.5. The van der Waals surface area contributed by atoms with Gasteiger partial charge in [-0.15, -0.1) is 0 Å². The molecule has 0 spiro atoms. The van der Waals surface area contributed by atoms with Gasteiger partial charge in [0.05, 0.1) is 10.5 Å². The number of nitrogens with zero attached hydrogens (tertiary/aromatic N) is 1. The summed E-state index contributed by atoms with van der Waals surface area (Å²) in [5.74, 6) is -1.07. The van der Waals surface area contributed by atoms with Gasteiger partial charge in [-0.1, -0.05) is 24.3 Å². The van der Waals surface area contributed by atoms with Crippen LogP contribution in [-0.4, -0.2) is 22.8 Å². The minimum Gasteiger partial charge on any atom is -0.298 e. The highest BCUT2D eigenvalue weighted by Gasteiger charge is 2.36. The van der Waals surface area contributed by atoms with Crippen LogP contribution in [0, 0.1) is 10.1 Å². The summed E-state index contributed by atoms with van der Waals surface area (Å²) < 4.78 is 0. The molecular weight excluding hydrogens is 274 g/mol. The first kappa shape index (κ1) is 12.9. The van der Waals surface area contributed by atoms with Gasteiger partial charge >= 0.3 is 0 Å². The van der Waals surface area contributed by atoms with E-state index in [4.69, 9.17) is 0 Å². The summed E-state index contributed by atoms with van der Waals surface area (Å²) in [6.07, 6.45) is 0.302. The molecule has 0 saturated heterocycles. The average molecular weight is 281 g/mol. The topological polar surface area (TPSA) is 94.3 Å². The molecule has 0 N–H and O–H groups in total. The second kappa shape index (κ2) is 4.45. The highest BCUT2D eigenvalue weighted by molar-refractivity contribution is 6.30. The first-order valence-corrected chi connectivity index (χ1v) is 6.01. The van der Waals surface area contributed by atoms with E-state index in [1.165, 1.54) is 24.3 Å². The molecule has 1 aliphatic rings. The molecule has 0 radical (unpaired) electrons. The van der Waals surface area contributed by atoms with Crippen molar-refractivity contribution in [3.63, 3.8) is 0 Å². The minimum atomic E-state index is -0.804. The van der Waals surface area contributed by atoms with Crippen molar-refractivity contribution in [2.75, 3.05) is 0 Å². The average Bonchev–Trinajstić information content (AvgIpc) is 2.51. The smallest absolute Gasteiger partial charge is 0.291 e. The molecule has 2 aromatic rings. The van der Waals surface area contributed by atoms with Crippen molar-refractivity contribution in [3.8, 4) is 0 Å². The number of hydrogen-bond donors (Lipinski definition) is 0. The van der Waals surface area contributed by atoms with Crippen LogP contribution in [-0.2, 0) is 0 Å². The largest absolute Gasteiger partial charge is 0.298 e. The fourth-order valence-corrected chi connectivity index (χ4v) is 2.48. The lowest BCUT2D eigenvalue weighted by Crippen LogP contribution is -2.22. The molecule has 2 aromatic carbocycles. The van der Waals surface area contributed by atoms with Crippen LogP contribution in [0.1, 0.15) is 42.2 Å². The summed E-state index contributed by atoms with van der Waals surface area (Å²) in [6.45, 7) is 0. The number of ketones is 2. The predicted molar refractivity (Wildman–Crippen MR) is 71.8 cm³/mol. The molecule has 0 atom stereocenters. The maximum absolute atomic E-state index is 12.5. The Bertz CT molecular complexity index is 838. The lowest BCUT2D eigenvalue weighted by Gasteiger charge is -2.17. The van der Waals surface area contributed by atoms with E-state index in [1.807, 2.05) is 0 Å². The SMILES string of the molecule is O=Cc1ccc2c(c1[N+](=O)[O-])C(=O)c1ccccc1C2=O. The summed E-state index contributed by atoms with van der Waals surface area (Å²) in [7, 11) is 0. The van der Waals surface area contributed by atoms with Gasteiger partial charge in [-0.05, 0) is 12.1 Å². The highest BCUT2D eigenvalue weighted by atomic mass is 16.6. The first-order chi connectivity index (χ1) is 10.1. The molecule has 0 fully saturated rings. The van der Waals surface area contributed by atoms with Crippen LogP contribution in [0.25, 0.3) is 0 Å². The maximum atomic E-state index is 12.5. The van der Waals surface area contributed by atoms with Gasteiger partial charge in [0, 0.05) is 16.7 Å². The monoisotopic (exact) mass is 281 g/mol. The summed E-state index contributed by atoms with van der Waals surface area (Å²) >= 11 is 0. The molecule has 102 valence electrons. The van der Waals surface area contributed by atoms with E-state index in [0.717, 1.165) is 0 Å². The number of aldehydes is 1. The Morgan fingerprint density at radius 2 is 1.52 bits per heavy atom. The van der Waals surface area contributed by atoms with Crippen molar-refractivity contribution in [1.82, 2.24) is 0 Å². The van der Waals surface area contributed by atoms with Crippen LogP contribution in [0.5, 0.6) is 0 Å². The van der Waals surface area contributed by atoms with Crippen molar-refractivity contribution in [1.29, 1.82) is 0 Å². The van der Waals surface area contributed by atoms with Gasteiger partial charge in [0.2, 0.25) is 5.78 Å². The molecule has 0 amide bonds. The molecule has 0 saturated carbocycles. The molecule has 0 aromatic heterocycles. The number of hydrogen-bond acceptors (Lipinski definition) is 5. The molecular formula is C15H7NO5. The Morgan fingerprint density at radius 1 is 0.905 bits per heavy atom. The van der Waals surface area contributed by atoms with E-state index >= 15 is 0 Å². The fourth-order valence-electron chi connectivity index (χ4n) is 2.48. The third kappa shape index (κ3) is 1.69. The molecule has 0 aliphatic heterocycles. The molecule has 6 nitrogen and oxygen atoms in total. The first-order valence-electron chi connectivity index (χ1n) is 6.01. The summed E-state index contributed by atoms with van der Waals surface area (Å²) in [5.41, 5.74) is -0.872. The van der Waals surface area contributed by atoms with Gasteiger partial charge in [0.15, 0.2) is 12.1 Å². The van der Waals surface area contributed by atoms with Gasteiger partial charge < -0.3 is 0 Å². The van der Waals surface area contributed by atoms with E-state index in [1.54, 1.807) is 12.1 Å². The quantitative estimate of drug-likeness (QED) is 0.407. The lowest BCUT2D eigenvalue weighted by atomic mass is 9.82.